The molecule has 1 amide bonds. The Kier molecular flexibility index (Phi) is 4.58. The predicted octanol–water partition coefficient (Wildman–Crippen LogP) is 1.82. The van der Waals surface area contributed by atoms with Crippen molar-refractivity contribution in [3.05, 3.63) is 0 Å². The quantitative estimate of drug-likeness (QED) is 0.773. The maximum absolute atomic E-state index is 11.7. The highest BCUT2D eigenvalue weighted by Gasteiger charge is 2.29. The summed E-state index contributed by atoms with van der Waals surface area (Å²) in [6, 6.07) is 0.266. The Morgan fingerprint density at radius 1 is 1.33 bits per heavy atom. The maximum Gasteiger partial charge on any atom is 0.222 e. The molecule has 0 aromatic rings. The summed E-state index contributed by atoms with van der Waals surface area (Å²) in [7, 11) is 0. The van der Waals surface area contributed by atoms with E-state index in [1.807, 2.05) is 13.8 Å². The van der Waals surface area contributed by atoms with E-state index in [1.54, 1.807) is 0 Å². The topological polar surface area (TPSA) is 38.3 Å². The average Bonchev–Trinajstić information content (AvgIpc) is 2.65. The zero-order valence-electron chi connectivity index (χ0n) is 10.2. The van der Waals surface area contributed by atoms with E-state index in [0.717, 1.165) is 19.6 Å². The lowest BCUT2D eigenvalue weighted by atomic mass is 9.89. The standard InChI is InChI=1S/C12H23NO2/c1-8(2)11(10-5-6-15-7-10)13-12(14)9(3)4/h8-11H,5-7H2,1-4H3,(H,13,14)/t10-,11?/m1/s1. The molecule has 3 nitrogen and oxygen atoms in total. The first kappa shape index (κ1) is 12.5. The monoisotopic (exact) mass is 213 g/mol. The van der Waals surface area contributed by atoms with E-state index in [0.29, 0.717) is 11.8 Å². The molecule has 1 N–H and O–H groups in total. The third-order valence-electron chi connectivity index (χ3n) is 3.02. The molecular formula is C12H23NO2. The second-order valence-corrected chi connectivity index (χ2v) is 5.06. The Bertz CT molecular complexity index is 208. The number of carbonyl (C=O) groups is 1. The second-order valence-electron chi connectivity index (χ2n) is 5.06. The van der Waals surface area contributed by atoms with Gasteiger partial charge in [-0.15, -0.1) is 0 Å². The minimum atomic E-state index is 0.0635. The second kappa shape index (κ2) is 5.50. The van der Waals surface area contributed by atoms with Crippen molar-refractivity contribution in [1.82, 2.24) is 5.32 Å². The van der Waals surface area contributed by atoms with Gasteiger partial charge in [0.05, 0.1) is 6.61 Å². The number of ether oxygens (including phenoxy) is 1. The van der Waals surface area contributed by atoms with E-state index in [4.69, 9.17) is 4.74 Å². The van der Waals surface area contributed by atoms with Crippen LogP contribution in [0.25, 0.3) is 0 Å². The van der Waals surface area contributed by atoms with Crippen molar-refractivity contribution in [2.45, 2.75) is 40.2 Å². The summed E-state index contributed by atoms with van der Waals surface area (Å²) >= 11 is 0. The molecule has 15 heavy (non-hydrogen) atoms. The Labute approximate surface area is 92.6 Å². The van der Waals surface area contributed by atoms with Gasteiger partial charge in [0.15, 0.2) is 0 Å². The van der Waals surface area contributed by atoms with Crippen molar-refractivity contribution in [2.24, 2.45) is 17.8 Å². The number of hydrogen-bond donors (Lipinski definition) is 1. The van der Waals surface area contributed by atoms with Gasteiger partial charge in [-0.3, -0.25) is 4.79 Å². The smallest absolute Gasteiger partial charge is 0.222 e. The molecule has 3 heteroatoms. The first-order valence-corrected chi connectivity index (χ1v) is 5.90. The van der Waals surface area contributed by atoms with E-state index in [9.17, 15) is 4.79 Å². The van der Waals surface area contributed by atoms with Crippen molar-refractivity contribution in [2.75, 3.05) is 13.2 Å². The van der Waals surface area contributed by atoms with Crippen molar-refractivity contribution < 1.29 is 9.53 Å². The molecule has 2 atom stereocenters. The van der Waals surface area contributed by atoms with Gasteiger partial charge < -0.3 is 10.1 Å². The van der Waals surface area contributed by atoms with Crippen LogP contribution in [0, 0.1) is 17.8 Å². The van der Waals surface area contributed by atoms with Crippen LogP contribution in [0.5, 0.6) is 0 Å². The van der Waals surface area contributed by atoms with Crippen LogP contribution in [0.1, 0.15) is 34.1 Å². The SMILES string of the molecule is CC(C)C(=O)NC(C(C)C)[C@@H]1CCOC1. The normalized spacial score (nSPS) is 23.5. The molecule has 0 aliphatic carbocycles. The van der Waals surface area contributed by atoms with Gasteiger partial charge in [-0.05, 0) is 12.3 Å². The van der Waals surface area contributed by atoms with Crippen LogP contribution in [0.4, 0.5) is 0 Å². The zero-order chi connectivity index (χ0) is 11.4. The van der Waals surface area contributed by atoms with Crippen molar-refractivity contribution in [1.29, 1.82) is 0 Å². The summed E-state index contributed by atoms with van der Waals surface area (Å²) in [4.78, 5) is 11.7. The van der Waals surface area contributed by atoms with Crippen LogP contribution < -0.4 is 5.32 Å². The molecule has 88 valence electrons. The van der Waals surface area contributed by atoms with Crippen molar-refractivity contribution >= 4 is 5.91 Å². The fourth-order valence-corrected chi connectivity index (χ4v) is 2.00. The van der Waals surface area contributed by atoms with E-state index in [1.165, 1.54) is 0 Å². The highest BCUT2D eigenvalue weighted by Crippen LogP contribution is 2.22. The largest absolute Gasteiger partial charge is 0.381 e. The molecule has 0 aromatic heterocycles. The molecule has 0 radical (unpaired) electrons. The fourth-order valence-electron chi connectivity index (χ4n) is 2.00. The fraction of sp³-hybridized carbons (Fsp3) is 0.917. The molecule has 1 unspecified atom stereocenters. The first-order chi connectivity index (χ1) is 7.02. The van der Waals surface area contributed by atoms with Crippen LogP contribution >= 0.6 is 0 Å². The van der Waals surface area contributed by atoms with Gasteiger partial charge in [0, 0.05) is 24.5 Å². The molecule has 0 aromatic carbocycles. The Morgan fingerprint density at radius 3 is 2.40 bits per heavy atom. The van der Waals surface area contributed by atoms with Crippen LogP contribution in [0.2, 0.25) is 0 Å². The van der Waals surface area contributed by atoms with Gasteiger partial charge in [0.25, 0.3) is 0 Å². The van der Waals surface area contributed by atoms with E-state index < -0.39 is 0 Å². The molecule has 1 saturated heterocycles. The molecule has 1 heterocycles. The highest BCUT2D eigenvalue weighted by molar-refractivity contribution is 5.78. The lowest BCUT2D eigenvalue weighted by molar-refractivity contribution is -0.125. The van der Waals surface area contributed by atoms with Gasteiger partial charge >= 0.3 is 0 Å². The number of carbonyl (C=O) groups excluding carboxylic acids is 1. The van der Waals surface area contributed by atoms with Gasteiger partial charge in [0.1, 0.15) is 0 Å². The lowest BCUT2D eigenvalue weighted by Gasteiger charge is -2.28. The molecule has 1 aliphatic rings. The maximum atomic E-state index is 11.7. The Balaban J connectivity index is 2.54. The molecule has 1 fully saturated rings. The summed E-state index contributed by atoms with van der Waals surface area (Å²) in [5.74, 6) is 1.18. The van der Waals surface area contributed by atoms with Gasteiger partial charge in [-0.25, -0.2) is 0 Å². The minimum Gasteiger partial charge on any atom is -0.381 e. The third kappa shape index (κ3) is 3.49. The van der Waals surface area contributed by atoms with E-state index in [-0.39, 0.29) is 17.9 Å². The van der Waals surface area contributed by atoms with Crippen molar-refractivity contribution in [3.63, 3.8) is 0 Å². The van der Waals surface area contributed by atoms with Crippen molar-refractivity contribution in [3.8, 4) is 0 Å². The van der Waals surface area contributed by atoms with E-state index in [2.05, 4.69) is 19.2 Å². The third-order valence-corrected chi connectivity index (χ3v) is 3.02. The molecule has 0 bridgehead atoms. The first-order valence-electron chi connectivity index (χ1n) is 5.90. The average molecular weight is 213 g/mol. The molecular weight excluding hydrogens is 190 g/mol. The number of nitrogens with one attached hydrogen (secondary N) is 1. The summed E-state index contributed by atoms with van der Waals surface area (Å²) in [5.41, 5.74) is 0. The van der Waals surface area contributed by atoms with Gasteiger partial charge in [-0.2, -0.15) is 0 Å². The summed E-state index contributed by atoms with van der Waals surface area (Å²) in [6.07, 6.45) is 1.07. The summed E-state index contributed by atoms with van der Waals surface area (Å²) in [6.45, 7) is 9.80. The minimum absolute atomic E-state index is 0.0635. The van der Waals surface area contributed by atoms with Crippen LogP contribution in [0.3, 0.4) is 0 Å². The number of rotatable bonds is 4. The Hall–Kier alpha value is -0.570. The summed E-state index contributed by atoms with van der Waals surface area (Å²) in [5, 5.41) is 3.14. The Morgan fingerprint density at radius 2 is 2.00 bits per heavy atom. The predicted molar refractivity (Wildman–Crippen MR) is 60.5 cm³/mol. The van der Waals surface area contributed by atoms with Crippen LogP contribution in [-0.4, -0.2) is 25.2 Å². The lowest BCUT2D eigenvalue weighted by Crippen LogP contribution is -2.45. The molecule has 1 aliphatic heterocycles. The highest BCUT2D eigenvalue weighted by atomic mass is 16.5. The van der Waals surface area contributed by atoms with Crippen LogP contribution in [-0.2, 0) is 9.53 Å². The van der Waals surface area contributed by atoms with Crippen LogP contribution in [0.15, 0.2) is 0 Å². The number of hydrogen-bond acceptors (Lipinski definition) is 2. The van der Waals surface area contributed by atoms with Gasteiger partial charge in [-0.1, -0.05) is 27.7 Å². The molecule has 0 spiro atoms. The zero-order valence-corrected chi connectivity index (χ0v) is 10.2. The molecule has 0 saturated carbocycles. The molecule has 1 rings (SSSR count). The number of amides is 1. The van der Waals surface area contributed by atoms with Gasteiger partial charge in [0.2, 0.25) is 5.91 Å². The summed E-state index contributed by atoms with van der Waals surface area (Å²) < 4.78 is 5.38. The van der Waals surface area contributed by atoms with E-state index >= 15 is 0 Å².